The molecule has 2 aliphatic carbocycles. The van der Waals surface area contributed by atoms with Crippen LogP contribution in [0.5, 0.6) is 0 Å². The molecule has 0 radical (unpaired) electrons. The molecule has 0 spiro atoms. The van der Waals surface area contributed by atoms with E-state index in [1.165, 1.54) is 57.8 Å². The fraction of sp³-hybridized carbons (Fsp3) is 1.00. The van der Waals surface area contributed by atoms with E-state index in [0.717, 1.165) is 19.5 Å². The van der Waals surface area contributed by atoms with Gasteiger partial charge in [0.1, 0.15) is 0 Å². The van der Waals surface area contributed by atoms with Crippen LogP contribution in [0.3, 0.4) is 0 Å². The Balaban J connectivity index is 1.88. The Labute approximate surface area is 124 Å². The summed E-state index contributed by atoms with van der Waals surface area (Å²) in [6.45, 7) is 4.37. The summed E-state index contributed by atoms with van der Waals surface area (Å²) in [5, 5.41) is 3.60. The Hall–Kier alpha value is -0.120. The second-order valence-electron chi connectivity index (χ2n) is 6.68. The number of nitrogens with one attached hydrogen (secondary N) is 1. The zero-order chi connectivity index (χ0) is 14.3. The van der Waals surface area contributed by atoms with Gasteiger partial charge in [0.15, 0.2) is 0 Å². The van der Waals surface area contributed by atoms with Gasteiger partial charge in [-0.15, -0.1) is 0 Å². The van der Waals surface area contributed by atoms with Gasteiger partial charge in [0.2, 0.25) is 0 Å². The predicted octanol–water partition coefficient (Wildman–Crippen LogP) is 3.66. The third kappa shape index (κ3) is 4.71. The Morgan fingerprint density at radius 3 is 2.50 bits per heavy atom. The highest BCUT2D eigenvalue weighted by molar-refractivity contribution is 4.89. The molecule has 0 bridgehead atoms. The Kier molecular flexibility index (Phi) is 6.79. The molecule has 0 saturated heterocycles. The van der Waals surface area contributed by atoms with Gasteiger partial charge in [0.05, 0.1) is 17.8 Å². The van der Waals surface area contributed by atoms with E-state index in [1.54, 1.807) is 0 Å². The predicted molar refractivity (Wildman–Crippen MR) is 83.1 cm³/mol. The van der Waals surface area contributed by atoms with E-state index in [0.29, 0.717) is 12.2 Å². The van der Waals surface area contributed by atoms with Crippen LogP contribution in [0.25, 0.3) is 0 Å². The van der Waals surface area contributed by atoms with Crippen molar-refractivity contribution in [2.24, 2.45) is 0 Å². The van der Waals surface area contributed by atoms with E-state index in [-0.39, 0.29) is 5.60 Å². The summed E-state index contributed by atoms with van der Waals surface area (Å²) in [7, 11) is 1.84. The van der Waals surface area contributed by atoms with E-state index in [4.69, 9.17) is 9.47 Å². The zero-order valence-electron chi connectivity index (χ0n) is 13.5. The molecule has 2 rings (SSSR count). The summed E-state index contributed by atoms with van der Waals surface area (Å²) in [6, 6.07) is 0. The third-order valence-corrected chi connectivity index (χ3v) is 4.97. The molecule has 2 atom stereocenters. The van der Waals surface area contributed by atoms with Crippen LogP contribution in [-0.4, -0.2) is 38.0 Å². The van der Waals surface area contributed by atoms with Crippen molar-refractivity contribution in [2.45, 2.75) is 88.9 Å². The maximum absolute atomic E-state index is 6.66. The average Bonchev–Trinajstić information content (AvgIpc) is 2.48. The number of hydrogen-bond donors (Lipinski definition) is 1. The van der Waals surface area contributed by atoms with E-state index in [1.807, 2.05) is 7.11 Å². The molecule has 2 fully saturated rings. The molecular weight excluding hydrogens is 250 g/mol. The quantitative estimate of drug-likeness (QED) is 0.723. The summed E-state index contributed by atoms with van der Waals surface area (Å²) >= 11 is 0. The molecule has 2 unspecified atom stereocenters. The molecule has 20 heavy (non-hydrogen) atoms. The van der Waals surface area contributed by atoms with Gasteiger partial charge in [0.25, 0.3) is 0 Å². The minimum absolute atomic E-state index is 0.105. The highest BCUT2D eigenvalue weighted by Crippen LogP contribution is 2.35. The van der Waals surface area contributed by atoms with Crippen LogP contribution in [0.1, 0.15) is 71.1 Å². The molecule has 118 valence electrons. The molecule has 3 nitrogen and oxygen atoms in total. The van der Waals surface area contributed by atoms with Gasteiger partial charge in [-0.2, -0.15) is 0 Å². The van der Waals surface area contributed by atoms with Gasteiger partial charge in [0, 0.05) is 13.7 Å². The second kappa shape index (κ2) is 8.35. The molecule has 0 aromatic heterocycles. The lowest BCUT2D eigenvalue weighted by Crippen LogP contribution is -2.48. The summed E-state index contributed by atoms with van der Waals surface area (Å²) in [4.78, 5) is 0. The van der Waals surface area contributed by atoms with Crippen molar-refractivity contribution in [3.63, 3.8) is 0 Å². The molecular formula is C17H33NO2. The van der Waals surface area contributed by atoms with Crippen LogP contribution < -0.4 is 5.32 Å². The van der Waals surface area contributed by atoms with Crippen LogP contribution >= 0.6 is 0 Å². The van der Waals surface area contributed by atoms with E-state index >= 15 is 0 Å². The van der Waals surface area contributed by atoms with Crippen LogP contribution in [0, 0.1) is 0 Å². The minimum Gasteiger partial charge on any atom is -0.381 e. The van der Waals surface area contributed by atoms with E-state index in [9.17, 15) is 0 Å². The maximum atomic E-state index is 6.66. The topological polar surface area (TPSA) is 30.5 Å². The van der Waals surface area contributed by atoms with Crippen LogP contribution in [-0.2, 0) is 9.47 Å². The SMILES string of the molecule is CCCNCC1(OC2CCCC(OC)C2)CCCCC1. The molecule has 0 aromatic rings. The van der Waals surface area contributed by atoms with Crippen molar-refractivity contribution in [2.75, 3.05) is 20.2 Å². The summed E-state index contributed by atoms with van der Waals surface area (Å²) in [6.07, 6.45) is 13.3. The fourth-order valence-corrected chi connectivity index (χ4v) is 3.80. The highest BCUT2D eigenvalue weighted by Gasteiger charge is 2.36. The molecule has 0 aliphatic heterocycles. The van der Waals surface area contributed by atoms with Gasteiger partial charge in [-0.05, 0) is 51.5 Å². The van der Waals surface area contributed by atoms with Gasteiger partial charge in [-0.1, -0.05) is 26.2 Å². The number of rotatable bonds is 7. The Morgan fingerprint density at radius 1 is 1.05 bits per heavy atom. The number of methoxy groups -OCH3 is 1. The lowest BCUT2D eigenvalue weighted by atomic mass is 9.83. The summed E-state index contributed by atoms with van der Waals surface area (Å²) in [5.74, 6) is 0. The standard InChI is InChI=1S/C17H33NO2/c1-3-12-18-14-17(10-5-4-6-11-17)20-16-9-7-8-15(13-16)19-2/h15-16,18H,3-14H2,1-2H3. The largest absolute Gasteiger partial charge is 0.381 e. The van der Waals surface area contributed by atoms with E-state index < -0.39 is 0 Å². The normalized spacial score (nSPS) is 30.3. The lowest BCUT2D eigenvalue weighted by molar-refractivity contribution is -0.136. The minimum atomic E-state index is 0.105. The Morgan fingerprint density at radius 2 is 1.80 bits per heavy atom. The average molecular weight is 283 g/mol. The maximum Gasteiger partial charge on any atom is 0.0810 e. The molecule has 0 amide bonds. The van der Waals surface area contributed by atoms with Gasteiger partial charge in [-0.25, -0.2) is 0 Å². The van der Waals surface area contributed by atoms with Crippen molar-refractivity contribution >= 4 is 0 Å². The van der Waals surface area contributed by atoms with Crippen molar-refractivity contribution < 1.29 is 9.47 Å². The first kappa shape index (κ1) is 16.3. The third-order valence-electron chi connectivity index (χ3n) is 4.97. The molecule has 1 N–H and O–H groups in total. The molecule has 0 aromatic carbocycles. The zero-order valence-corrected chi connectivity index (χ0v) is 13.5. The monoisotopic (exact) mass is 283 g/mol. The molecule has 0 heterocycles. The molecule has 2 aliphatic rings. The van der Waals surface area contributed by atoms with Gasteiger partial charge < -0.3 is 14.8 Å². The highest BCUT2D eigenvalue weighted by atomic mass is 16.5. The van der Waals surface area contributed by atoms with Crippen molar-refractivity contribution in [1.82, 2.24) is 5.32 Å². The van der Waals surface area contributed by atoms with Crippen LogP contribution in [0.15, 0.2) is 0 Å². The first-order valence-electron chi connectivity index (χ1n) is 8.69. The fourth-order valence-electron chi connectivity index (χ4n) is 3.80. The Bertz CT molecular complexity index is 264. The van der Waals surface area contributed by atoms with E-state index in [2.05, 4.69) is 12.2 Å². The van der Waals surface area contributed by atoms with Crippen molar-refractivity contribution in [3.05, 3.63) is 0 Å². The van der Waals surface area contributed by atoms with Crippen LogP contribution in [0.4, 0.5) is 0 Å². The smallest absolute Gasteiger partial charge is 0.0810 e. The lowest BCUT2D eigenvalue weighted by Gasteiger charge is -2.42. The first-order chi connectivity index (χ1) is 9.78. The molecule has 3 heteroatoms. The van der Waals surface area contributed by atoms with Gasteiger partial charge in [-0.3, -0.25) is 0 Å². The summed E-state index contributed by atoms with van der Waals surface area (Å²) in [5.41, 5.74) is 0.105. The number of ether oxygens (including phenoxy) is 2. The summed E-state index contributed by atoms with van der Waals surface area (Å²) < 4.78 is 12.2. The second-order valence-corrected chi connectivity index (χ2v) is 6.68. The van der Waals surface area contributed by atoms with Crippen molar-refractivity contribution in [1.29, 1.82) is 0 Å². The van der Waals surface area contributed by atoms with Gasteiger partial charge >= 0.3 is 0 Å². The van der Waals surface area contributed by atoms with Crippen LogP contribution in [0.2, 0.25) is 0 Å². The van der Waals surface area contributed by atoms with Crippen molar-refractivity contribution in [3.8, 4) is 0 Å². The first-order valence-corrected chi connectivity index (χ1v) is 8.69. The molecule has 2 saturated carbocycles. The number of hydrogen-bond acceptors (Lipinski definition) is 3.